The molecule has 2 aromatic rings. The number of hydrogen-bond donors (Lipinski definition) is 0. The monoisotopic (exact) mass is 432 g/mol. The predicted octanol–water partition coefficient (Wildman–Crippen LogP) is 5.50. The number of ether oxygens (including phenoxy) is 2. The van der Waals surface area contributed by atoms with Crippen LogP contribution < -0.4 is 9.47 Å². The highest BCUT2D eigenvalue weighted by Gasteiger charge is 2.29. The zero-order valence-electron chi connectivity index (χ0n) is 17.0. The highest BCUT2D eigenvalue weighted by atomic mass is 19.2. The van der Waals surface area contributed by atoms with Gasteiger partial charge < -0.3 is 9.47 Å². The fourth-order valence-electron chi connectivity index (χ4n) is 1.73. The molecule has 164 valence electrons. The molecule has 0 aliphatic carbocycles. The van der Waals surface area contributed by atoms with Crippen LogP contribution in [0.25, 0.3) is 0 Å². The van der Waals surface area contributed by atoms with Gasteiger partial charge in [-0.05, 0) is 19.1 Å². The molecule has 0 radical (unpaired) electrons. The number of carbonyl (C=O) groups excluding carboxylic acids is 2. The third-order valence-corrected chi connectivity index (χ3v) is 3.55. The Balaban J connectivity index is 0.000000311. The van der Waals surface area contributed by atoms with E-state index < -0.39 is 46.7 Å². The summed E-state index contributed by atoms with van der Waals surface area (Å²) in [6.45, 7) is 8.31. The first-order valence-corrected chi connectivity index (χ1v) is 8.88. The van der Waals surface area contributed by atoms with Crippen molar-refractivity contribution >= 4 is 11.9 Å². The zero-order valence-corrected chi connectivity index (χ0v) is 17.0. The van der Waals surface area contributed by atoms with Crippen LogP contribution in [0.5, 0.6) is 11.5 Å². The van der Waals surface area contributed by atoms with E-state index in [1.54, 1.807) is 12.1 Å². The van der Waals surface area contributed by atoms with Crippen LogP contribution in [0.3, 0.4) is 0 Å². The van der Waals surface area contributed by atoms with Gasteiger partial charge in [-0.15, -0.1) is 0 Å². The molecule has 9 heteroatoms. The maximum Gasteiger partial charge on any atom is 0.313 e. The van der Waals surface area contributed by atoms with Gasteiger partial charge >= 0.3 is 11.9 Å². The lowest BCUT2D eigenvalue weighted by molar-refractivity contribution is -0.138. The highest BCUT2D eigenvalue weighted by molar-refractivity contribution is 5.74. The molecule has 0 N–H and O–H groups in total. The summed E-state index contributed by atoms with van der Waals surface area (Å²) < 4.78 is 73.3. The van der Waals surface area contributed by atoms with E-state index in [-0.39, 0.29) is 11.9 Å². The molecular formula is C21H21F5O4. The number of halogens is 5. The molecule has 0 bridgehead atoms. The van der Waals surface area contributed by atoms with Crippen molar-refractivity contribution in [1.82, 2.24) is 0 Å². The van der Waals surface area contributed by atoms with Crippen molar-refractivity contribution < 1.29 is 41.0 Å². The fourth-order valence-corrected chi connectivity index (χ4v) is 1.73. The van der Waals surface area contributed by atoms with Gasteiger partial charge in [-0.3, -0.25) is 9.59 Å². The van der Waals surface area contributed by atoms with Gasteiger partial charge in [0, 0.05) is 0 Å². The number of hydrogen-bond acceptors (Lipinski definition) is 4. The smallest absolute Gasteiger partial charge is 0.313 e. The number of rotatable bonds is 4. The van der Waals surface area contributed by atoms with Crippen LogP contribution in [-0.2, 0) is 9.59 Å². The molecule has 0 saturated heterocycles. The Bertz CT molecular complexity index is 880. The number of benzene rings is 2. The molecule has 0 aliphatic rings. The van der Waals surface area contributed by atoms with Crippen molar-refractivity contribution in [3.8, 4) is 11.5 Å². The second-order valence-electron chi connectivity index (χ2n) is 6.86. The molecular weight excluding hydrogens is 411 g/mol. The van der Waals surface area contributed by atoms with Crippen LogP contribution in [0.1, 0.15) is 33.3 Å². The average Bonchev–Trinajstić information content (AvgIpc) is 2.70. The summed E-state index contributed by atoms with van der Waals surface area (Å²) in [7, 11) is 0. The third-order valence-electron chi connectivity index (χ3n) is 3.55. The van der Waals surface area contributed by atoms with Gasteiger partial charge in [-0.1, -0.05) is 45.4 Å². The van der Waals surface area contributed by atoms with E-state index in [2.05, 4.69) is 4.74 Å². The standard InChI is InChI=1S/C11H14O2.C10H7F5O2/c1-8(2)11(12)13-10-6-4-9(3)5-7-10;1-3(2)10(16)17-9-7(14)5(12)4(11)6(13)8(9)15/h4-8H,1-3H3;3H,1-2H3. The van der Waals surface area contributed by atoms with E-state index in [0.717, 1.165) is 5.56 Å². The summed E-state index contributed by atoms with van der Waals surface area (Å²) in [4.78, 5) is 22.2. The Hall–Kier alpha value is -2.97. The van der Waals surface area contributed by atoms with Gasteiger partial charge in [0.1, 0.15) is 5.75 Å². The zero-order chi connectivity index (χ0) is 23.2. The lowest BCUT2D eigenvalue weighted by Gasteiger charge is -2.09. The Kier molecular flexibility index (Phi) is 8.94. The first kappa shape index (κ1) is 25.1. The first-order valence-electron chi connectivity index (χ1n) is 8.88. The molecule has 0 amide bonds. The molecule has 0 spiro atoms. The fraction of sp³-hybridized carbons (Fsp3) is 0.333. The van der Waals surface area contributed by atoms with E-state index in [0.29, 0.717) is 5.75 Å². The van der Waals surface area contributed by atoms with E-state index >= 15 is 0 Å². The van der Waals surface area contributed by atoms with Crippen LogP contribution in [-0.4, -0.2) is 11.9 Å². The molecule has 4 nitrogen and oxygen atoms in total. The summed E-state index contributed by atoms with van der Waals surface area (Å²) in [5, 5.41) is 0. The average molecular weight is 432 g/mol. The SMILES string of the molecule is CC(C)C(=O)Oc1c(F)c(F)c(F)c(F)c1F.Cc1ccc(OC(=O)C(C)C)cc1. The molecule has 2 aromatic carbocycles. The van der Waals surface area contributed by atoms with Crippen molar-refractivity contribution in [2.45, 2.75) is 34.6 Å². The lowest BCUT2D eigenvalue weighted by atomic mass is 10.2. The number of aryl methyl sites for hydroxylation is 1. The minimum atomic E-state index is -2.30. The summed E-state index contributed by atoms with van der Waals surface area (Å²) in [6.07, 6.45) is 0. The Morgan fingerprint density at radius 2 is 1.03 bits per heavy atom. The summed E-state index contributed by atoms with van der Waals surface area (Å²) in [6, 6.07) is 7.44. The van der Waals surface area contributed by atoms with E-state index in [9.17, 15) is 31.5 Å². The van der Waals surface area contributed by atoms with Crippen LogP contribution in [0.15, 0.2) is 24.3 Å². The molecule has 2 rings (SSSR count). The quantitative estimate of drug-likeness (QED) is 0.211. The minimum Gasteiger partial charge on any atom is -0.426 e. The number of esters is 2. The molecule has 0 aliphatic heterocycles. The van der Waals surface area contributed by atoms with Gasteiger partial charge in [0.25, 0.3) is 0 Å². The second-order valence-corrected chi connectivity index (χ2v) is 6.86. The Morgan fingerprint density at radius 1 is 0.667 bits per heavy atom. The number of carbonyl (C=O) groups is 2. The molecule has 0 atom stereocenters. The van der Waals surface area contributed by atoms with Crippen LogP contribution in [0.4, 0.5) is 22.0 Å². The Morgan fingerprint density at radius 3 is 1.43 bits per heavy atom. The second kappa shape index (κ2) is 10.7. The van der Waals surface area contributed by atoms with Crippen molar-refractivity contribution in [2.24, 2.45) is 11.8 Å². The molecule has 0 unspecified atom stereocenters. The van der Waals surface area contributed by atoms with Crippen LogP contribution >= 0.6 is 0 Å². The molecule has 0 aromatic heterocycles. The minimum absolute atomic E-state index is 0.0821. The van der Waals surface area contributed by atoms with Gasteiger partial charge in [-0.2, -0.15) is 8.78 Å². The van der Waals surface area contributed by atoms with Crippen molar-refractivity contribution in [3.63, 3.8) is 0 Å². The largest absolute Gasteiger partial charge is 0.426 e. The lowest BCUT2D eigenvalue weighted by Crippen LogP contribution is -2.18. The van der Waals surface area contributed by atoms with E-state index in [4.69, 9.17) is 4.74 Å². The molecule has 30 heavy (non-hydrogen) atoms. The van der Waals surface area contributed by atoms with Crippen molar-refractivity contribution in [2.75, 3.05) is 0 Å². The summed E-state index contributed by atoms with van der Waals surface area (Å²) >= 11 is 0. The maximum atomic E-state index is 13.0. The van der Waals surface area contributed by atoms with E-state index in [1.807, 2.05) is 32.9 Å². The van der Waals surface area contributed by atoms with Gasteiger partial charge in [0.05, 0.1) is 11.8 Å². The maximum absolute atomic E-state index is 13.0. The summed E-state index contributed by atoms with van der Waals surface area (Å²) in [5.74, 6) is -14.1. The van der Waals surface area contributed by atoms with Gasteiger partial charge in [0.2, 0.25) is 34.8 Å². The van der Waals surface area contributed by atoms with Crippen LogP contribution in [0, 0.1) is 47.8 Å². The van der Waals surface area contributed by atoms with Gasteiger partial charge in [0.15, 0.2) is 0 Å². The highest BCUT2D eigenvalue weighted by Crippen LogP contribution is 2.29. The van der Waals surface area contributed by atoms with Crippen molar-refractivity contribution in [3.05, 3.63) is 58.9 Å². The molecule has 0 saturated carbocycles. The van der Waals surface area contributed by atoms with Crippen molar-refractivity contribution in [1.29, 1.82) is 0 Å². The molecule has 0 heterocycles. The topological polar surface area (TPSA) is 52.6 Å². The van der Waals surface area contributed by atoms with Gasteiger partial charge in [-0.25, -0.2) is 13.2 Å². The third kappa shape index (κ3) is 6.53. The Labute approximate surface area is 170 Å². The molecule has 0 fully saturated rings. The van der Waals surface area contributed by atoms with E-state index in [1.165, 1.54) is 13.8 Å². The summed E-state index contributed by atoms with van der Waals surface area (Å²) in [5.41, 5.74) is 1.16. The van der Waals surface area contributed by atoms with Crippen LogP contribution in [0.2, 0.25) is 0 Å². The predicted molar refractivity (Wildman–Crippen MR) is 98.4 cm³/mol. The first-order chi connectivity index (χ1) is 13.9. The normalized spacial score (nSPS) is 10.5.